The second-order valence-corrected chi connectivity index (χ2v) is 8.60. The molecule has 4 amide bonds. The number of carbonyl (C=O) groups excluding carboxylic acids is 3. The molecule has 0 aliphatic carbocycles. The monoisotopic (exact) mass is 502 g/mol. The van der Waals surface area contributed by atoms with Crippen molar-refractivity contribution in [3.05, 3.63) is 78.6 Å². The van der Waals surface area contributed by atoms with Gasteiger partial charge in [-0.3, -0.25) is 14.6 Å². The molecule has 9 heteroatoms. The SMILES string of the molecule is CCCOc1ccc(NC(=O)CC2C(=O)N(c3cccc(OC)c3)C(=O)N2CCc2ccncc2)cc1. The van der Waals surface area contributed by atoms with Crippen LogP contribution in [0.4, 0.5) is 16.2 Å². The quantitative estimate of drug-likeness (QED) is 0.393. The number of nitrogens with one attached hydrogen (secondary N) is 1. The summed E-state index contributed by atoms with van der Waals surface area (Å²) >= 11 is 0. The highest BCUT2D eigenvalue weighted by molar-refractivity contribution is 6.22. The first-order valence-corrected chi connectivity index (χ1v) is 12.2. The maximum atomic E-state index is 13.5. The van der Waals surface area contributed by atoms with Crippen LogP contribution in [0, 0.1) is 0 Å². The maximum Gasteiger partial charge on any atom is 0.332 e. The van der Waals surface area contributed by atoms with E-state index in [1.807, 2.05) is 19.1 Å². The smallest absolute Gasteiger partial charge is 0.332 e. The number of nitrogens with zero attached hydrogens (tertiary/aromatic N) is 3. The second kappa shape index (κ2) is 12.0. The first-order chi connectivity index (χ1) is 18.0. The first kappa shape index (κ1) is 25.7. The summed E-state index contributed by atoms with van der Waals surface area (Å²) in [7, 11) is 1.52. The summed E-state index contributed by atoms with van der Waals surface area (Å²) in [5.41, 5.74) is 1.95. The molecule has 0 radical (unpaired) electrons. The van der Waals surface area contributed by atoms with Crippen molar-refractivity contribution >= 4 is 29.2 Å². The van der Waals surface area contributed by atoms with Crippen LogP contribution < -0.4 is 19.7 Å². The number of anilines is 2. The Morgan fingerprint density at radius 3 is 2.49 bits per heavy atom. The summed E-state index contributed by atoms with van der Waals surface area (Å²) < 4.78 is 10.8. The third-order valence-electron chi connectivity index (χ3n) is 6.01. The van der Waals surface area contributed by atoms with E-state index in [2.05, 4.69) is 10.3 Å². The third-order valence-corrected chi connectivity index (χ3v) is 6.01. The van der Waals surface area contributed by atoms with Gasteiger partial charge in [-0.2, -0.15) is 0 Å². The van der Waals surface area contributed by atoms with Crippen LogP contribution in [0.1, 0.15) is 25.3 Å². The topological polar surface area (TPSA) is 101 Å². The molecule has 2 aromatic carbocycles. The van der Waals surface area contributed by atoms with Gasteiger partial charge in [0.05, 0.1) is 25.8 Å². The number of methoxy groups -OCH3 is 1. The van der Waals surface area contributed by atoms with Crippen molar-refractivity contribution in [2.45, 2.75) is 32.2 Å². The van der Waals surface area contributed by atoms with Crippen LogP contribution in [0.15, 0.2) is 73.1 Å². The molecule has 1 N–H and O–H groups in total. The summed E-state index contributed by atoms with van der Waals surface area (Å²) in [6.07, 6.45) is 4.61. The van der Waals surface area contributed by atoms with Crippen LogP contribution in [-0.4, -0.2) is 54.0 Å². The summed E-state index contributed by atoms with van der Waals surface area (Å²) in [5.74, 6) is 0.419. The Labute approximate surface area is 216 Å². The van der Waals surface area contributed by atoms with E-state index >= 15 is 0 Å². The van der Waals surface area contributed by atoms with E-state index in [0.717, 1.165) is 16.9 Å². The van der Waals surface area contributed by atoms with E-state index in [0.29, 0.717) is 35.9 Å². The van der Waals surface area contributed by atoms with Crippen molar-refractivity contribution in [2.24, 2.45) is 0 Å². The largest absolute Gasteiger partial charge is 0.497 e. The Balaban J connectivity index is 1.51. The highest BCUT2D eigenvalue weighted by Gasteiger charge is 2.46. The van der Waals surface area contributed by atoms with Crippen LogP contribution in [0.2, 0.25) is 0 Å². The second-order valence-electron chi connectivity index (χ2n) is 8.60. The molecule has 9 nitrogen and oxygen atoms in total. The number of imide groups is 1. The number of benzene rings is 2. The van der Waals surface area contributed by atoms with Gasteiger partial charge in [-0.05, 0) is 66.9 Å². The van der Waals surface area contributed by atoms with Gasteiger partial charge < -0.3 is 19.7 Å². The number of hydrogen-bond donors (Lipinski definition) is 1. The molecule has 0 bridgehead atoms. The van der Waals surface area contributed by atoms with Gasteiger partial charge >= 0.3 is 6.03 Å². The number of pyridine rings is 1. The average molecular weight is 503 g/mol. The third kappa shape index (κ3) is 6.24. The zero-order chi connectivity index (χ0) is 26.2. The van der Waals surface area contributed by atoms with Gasteiger partial charge in [0.15, 0.2) is 0 Å². The molecule has 192 valence electrons. The molecule has 4 rings (SSSR count). The van der Waals surface area contributed by atoms with Gasteiger partial charge in [0, 0.05) is 30.7 Å². The molecule has 1 atom stereocenters. The Kier molecular flexibility index (Phi) is 8.35. The van der Waals surface area contributed by atoms with E-state index < -0.39 is 18.0 Å². The van der Waals surface area contributed by atoms with E-state index in [-0.39, 0.29) is 18.9 Å². The van der Waals surface area contributed by atoms with Gasteiger partial charge in [-0.1, -0.05) is 13.0 Å². The number of carbonyl (C=O) groups is 3. The van der Waals surface area contributed by atoms with E-state index in [4.69, 9.17) is 9.47 Å². The molecule has 1 aliphatic rings. The molecule has 1 saturated heterocycles. The molecule has 1 fully saturated rings. The molecule has 1 aliphatic heterocycles. The minimum atomic E-state index is -0.937. The van der Waals surface area contributed by atoms with Crippen molar-refractivity contribution in [3.63, 3.8) is 0 Å². The van der Waals surface area contributed by atoms with Crippen LogP contribution >= 0.6 is 0 Å². The van der Waals surface area contributed by atoms with Gasteiger partial charge in [0.2, 0.25) is 5.91 Å². The maximum absolute atomic E-state index is 13.5. The number of ether oxygens (including phenoxy) is 2. The fourth-order valence-electron chi connectivity index (χ4n) is 4.12. The van der Waals surface area contributed by atoms with Gasteiger partial charge in [0.1, 0.15) is 17.5 Å². The number of aromatic nitrogens is 1. The van der Waals surface area contributed by atoms with Gasteiger partial charge in [-0.25, -0.2) is 9.69 Å². The van der Waals surface area contributed by atoms with Crippen LogP contribution in [-0.2, 0) is 16.0 Å². The standard InChI is InChI=1S/C28H30N4O5/c1-3-17-37-23-9-7-21(8-10-23)30-26(33)19-25-27(34)32(22-5-4-6-24(18-22)36-2)28(35)31(25)16-13-20-11-14-29-15-12-20/h4-12,14-15,18,25H,3,13,16-17,19H2,1-2H3,(H,30,33). The Bertz CT molecular complexity index is 1230. The average Bonchev–Trinajstić information content (AvgIpc) is 3.15. The normalized spacial score (nSPS) is 15.1. The van der Waals surface area contributed by atoms with Crippen molar-refractivity contribution < 1.29 is 23.9 Å². The van der Waals surface area contributed by atoms with Crippen molar-refractivity contribution in [3.8, 4) is 11.5 Å². The summed E-state index contributed by atoms with van der Waals surface area (Å²) in [6.45, 7) is 2.92. The van der Waals surface area contributed by atoms with Crippen LogP contribution in [0.25, 0.3) is 0 Å². The number of hydrogen-bond acceptors (Lipinski definition) is 6. The van der Waals surface area contributed by atoms with Gasteiger partial charge in [-0.15, -0.1) is 0 Å². The minimum absolute atomic E-state index is 0.171. The number of amides is 4. The Hall–Kier alpha value is -4.40. The molecule has 3 aromatic rings. The lowest BCUT2D eigenvalue weighted by atomic mass is 10.1. The fourth-order valence-corrected chi connectivity index (χ4v) is 4.12. The molecule has 1 unspecified atom stereocenters. The number of urea groups is 1. The molecule has 0 spiro atoms. The molecule has 37 heavy (non-hydrogen) atoms. The van der Waals surface area contributed by atoms with E-state index in [9.17, 15) is 14.4 Å². The molecular weight excluding hydrogens is 472 g/mol. The summed E-state index contributed by atoms with van der Waals surface area (Å²) in [4.78, 5) is 46.5. The Morgan fingerprint density at radius 1 is 1.03 bits per heavy atom. The van der Waals surface area contributed by atoms with Crippen molar-refractivity contribution in [2.75, 3.05) is 30.5 Å². The highest BCUT2D eigenvalue weighted by atomic mass is 16.5. The van der Waals surface area contributed by atoms with E-state index in [1.54, 1.807) is 60.9 Å². The zero-order valence-corrected chi connectivity index (χ0v) is 20.9. The molecule has 1 aromatic heterocycles. The van der Waals surface area contributed by atoms with Crippen molar-refractivity contribution in [1.29, 1.82) is 0 Å². The summed E-state index contributed by atoms with van der Waals surface area (Å²) in [6, 6.07) is 16.1. The number of rotatable bonds is 11. The zero-order valence-electron chi connectivity index (χ0n) is 20.9. The summed E-state index contributed by atoms with van der Waals surface area (Å²) in [5, 5.41) is 2.82. The van der Waals surface area contributed by atoms with E-state index in [1.165, 1.54) is 12.0 Å². The lowest BCUT2D eigenvalue weighted by molar-refractivity contribution is -0.124. The lowest BCUT2D eigenvalue weighted by Crippen LogP contribution is -2.39. The molecule has 0 saturated carbocycles. The van der Waals surface area contributed by atoms with Gasteiger partial charge in [0.25, 0.3) is 5.91 Å². The highest BCUT2D eigenvalue weighted by Crippen LogP contribution is 2.30. The predicted molar refractivity (Wildman–Crippen MR) is 140 cm³/mol. The van der Waals surface area contributed by atoms with Crippen LogP contribution in [0.5, 0.6) is 11.5 Å². The van der Waals surface area contributed by atoms with Crippen molar-refractivity contribution in [1.82, 2.24) is 9.88 Å². The Morgan fingerprint density at radius 2 is 1.78 bits per heavy atom. The minimum Gasteiger partial charge on any atom is -0.497 e. The fraction of sp³-hybridized carbons (Fsp3) is 0.286. The molecular formula is C28H30N4O5. The lowest BCUT2D eigenvalue weighted by Gasteiger charge is -2.21. The molecule has 2 heterocycles. The van der Waals surface area contributed by atoms with Crippen LogP contribution in [0.3, 0.4) is 0 Å². The first-order valence-electron chi connectivity index (χ1n) is 12.2. The predicted octanol–water partition coefficient (Wildman–Crippen LogP) is 4.29.